The largest absolute Gasteiger partial charge is 0.491 e. The average molecular weight is 495 g/mol. The Morgan fingerprint density at radius 1 is 0.800 bits per heavy atom. The molecular weight excluding hydrogens is 449 g/mol. The Balaban J connectivity index is 1.32. The predicted octanol–water partition coefficient (Wildman–Crippen LogP) is 9.22. The first kappa shape index (κ1) is 27.9. The van der Waals surface area contributed by atoms with Gasteiger partial charge in [-0.3, -0.25) is 0 Å². The van der Waals surface area contributed by atoms with E-state index in [1.165, 1.54) is 63.5 Å². The fraction of sp³-hybridized carbons (Fsp3) is 0.733. The summed E-state index contributed by atoms with van der Waals surface area (Å²) in [5.41, 5.74) is 0. The molecule has 2 saturated carbocycles. The second kappa shape index (κ2) is 14.8. The molecule has 0 N–H and O–H groups in total. The SMILES string of the molecule is CCCCCC1CCC(/C=C/C2CCC(CC(F)COc3ccc(OCC)c(F)c3F)CC2)CC1. The zero-order chi connectivity index (χ0) is 25.0. The third-order valence-electron chi connectivity index (χ3n) is 7.97. The Labute approximate surface area is 210 Å². The van der Waals surface area contributed by atoms with Crippen molar-refractivity contribution >= 4 is 0 Å². The molecule has 0 amide bonds. The monoisotopic (exact) mass is 494 g/mol. The summed E-state index contributed by atoms with van der Waals surface area (Å²) in [4.78, 5) is 0. The van der Waals surface area contributed by atoms with Crippen LogP contribution in [0.1, 0.15) is 97.3 Å². The highest BCUT2D eigenvalue weighted by Crippen LogP contribution is 2.36. The minimum absolute atomic E-state index is 0.157. The van der Waals surface area contributed by atoms with E-state index < -0.39 is 17.8 Å². The maximum absolute atomic E-state index is 14.5. The lowest BCUT2D eigenvalue weighted by molar-refractivity contribution is 0.147. The summed E-state index contributed by atoms with van der Waals surface area (Å²) in [5, 5.41) is 0. The zero-order valence-corrected chi connectivity index (χ0v) is 21.8. The van der Waals surface area contributed by atoms with Crippen LogP contribution in [0.15, 0.2) is 24.3 Å². The molecule has 0 saturated heterocycles. The highest BCUT2D eigenvalue weighted by molar-refractivity contribution is 5.35. The van der Waals surface area contributed by atoms with Crippen molar-refractivity contribution in [3.05, 3.63) is 35.9 Å². The van der Waals surface area contributed by atoms with E-state index in [1.54, 1.807) is 6.92 Å². The molecule has 2 fully saturated rings. The third kappa shape index (κ3) is 9.06. The third-order valence-corrected chi connectivity index (χ3v) is 7.97. The van der Waals surface area contributed by atoms with Crippen LogP contribution in [0.3, 0.4) is 0 Å². The quantitative estimate of drug-likeness (QED) is 0.201. The van der Waals surface area contributed by atoms with Gasteiger partial charge in [-0.2, -0.15) is 8.78 Å². The summed E-state index contributed by atoms with van der Waals surface area (Å²) in [6.07, 6.45) is 19.4. The number of rotatable bonds is 13. The number of halogens is 3. The van der Waals surface area contributed by atoms with Gasteiger partial charge < -0.3 is 9.47 Å². The van der Waals surface area contributed by atoms with Crippen LogP contribution in [0.5, 0.6) is 11.5 Å². The van der Waals surface area contributed by atoms with Gasteiger partial charge in [0.1, 0.15) is 12.8 Å². The molecule has 0 spiro atoms. The Kier molecular flexibility index (Phi) is 11.8. The topological polar surface area (TPSA) is 18.5 Å². The van der Waals surface area contributed by atoms with Crippen molar-refractivity contribution in [1.82, 2.24) is 0 Å². The first-order chi connectivity index (χ1) is 17.0. The van der Waals surface area contributed by atoms with Crippen LogP contribution in [0.2, 0.25) is 0 Å². The molecule has 0 aliphatic heterocycles. The normalized spacial score (nSPS) is 26.1. The van der Waals surface area contributed by atoms with Crippen LogP contribution >= 0.6 is 0 Å². The summed E-state index contributed by atoms with van der Waals surface area (Å²) in [7, 11) is 0. The number of allylic oxidation sites excluding steroid dienone is 2. The summed E-state index contributed by atoms with van der Waals surface area (Å²) in [5.74, 6) is 0.00104. The van der Waals surface area contributed by atoms with E-state index in [2.05, 4.69) is 19.1 Å². The molecule has 2 nitrogen and oxygen atoms in total. The molecule has 1 unspecified atom stereocenters. The van der Waals surface area contributed by atoms with Crippen molar-refractivity contribution in [1.29, 1.82) is 0 Å². The fourth-order valence-electron chi connectivity index (χ4n) is 5.79. The van der Waals surface area contributed by atoms with Crippen LogP contribution in [0.25, 0.3) is 0 Å². The van der Waals surface area contributed by atoms with Gasteiger partial charge in [0.05, 0.1) is 6.61 Å². The van der Waals surface area contributed by atoms with Gasteiger partial charge in [-0.05, 0) is 101 Å². The first-order valence-corrected chi connectivity index (χ1v) is 14.1. The van der Waals surface area contributed by atoms with Crippen LogP contribution in [-0.4, -0.2) is 19.4 Å². The lowest BCUT2D eigenvalue weighted by Crippen LogP contribution is -2.21. The highest BCUT2D eigenvalue weighted by atomic mass is 19.2. The van der Waals surface area contributed by atoms with Gasteiger partial charge in [0.2, 0.25) is 11.6 Å². The van der Waals surface area contributed by atoms with Crippen LogP contribution in [0, 0.1) is 35.3 Å². The van der Waals surface area contributed by atoms with Crippen LogP contribution in [0.4, 0.5) is 13.2 Å². The van der Waals surface area contributed by atoms with Crippen molar-refractivity contribution in [2.75, 3.05) is 13.2 Å². The molecule has 0 aromatic heterocycles. The molecule has 3 rings (SSSR count). The zero-order valence-electron chi connectivity index (χ0n) is 21.8. The van der Waals surface area contributed by atoms with Gasteiger partial charge in [0.15, 0.2) is 11.5 Å². The van der Waals surface area contributed by atoms with Crippen molar-refractivity contribution in [2.24, 2.45) is 23.7 Å². The van der Waals surface area contributed by atoms with E-state index in [0.717, 1.165) is 37.5 Å². The minimum Gasteiger partial charge on any atom is -0.491 e. The molecule has 1 aromatic carbocycles. The summed E-state index contributed by atoms with van der Waals surface area (Å²) >= 11 is 0. The lowest BCUT2D eigenvalue weighted by Gasteiger charge is -2.29. The maximum Gasteiger partial charge on any atom is 0.204 e. The van der Waals surface area contributed by atoms with E-state index in [1.807, 2.05) is 0 Å². The van der Waals surface area contributed by atoms with E-state index >= 15 is 0 Å². The predicted molar refractivity (Wildman–Crippen MR) is 137 cm³/mol. The number of unbranched alkanes of at least 4 members (excludes halogenated alkanes) is 2. The number of ether oxygens (including phenoxy) is 2. The Hall–Kier alpha value is -1.65. The molecule has 198 valence electrons. The van der Waals surface area contributed by atoms with Crippen LogP contribution in [-0.2, 0) is 0 Å². The molecule has 1 atom stereocenters. The minimum atomic E-state index is -1.19. The maximum atomic E-state index is 14.5. The van der Waals surface area contributed by atoms with Gasteiger partial charge in [-0.25, -0.2) is 4.39 Å². The fourth-order valence-corrected chi connectivity index (χ4v) is 5.79. The van der Waals surface area contributed by atoms with E-state index in [9.17, 15) is 13.2 Å². The van der Waals surface area contributed by atoms with E-state index in [0.29, 0.717) is 18.3 Å². The van der Waals surface area contributed by atoms with Crippen molar-refractivity contribution in [3.63, 3.8) is 0 Å². The Morgan fingerprint density at radius 3 is 1.89 bits per heavy atom. The summed E-state index contributed by atoms with van der Waals surface area (Å²) in [6.45, 7) is 3.95. The summed E-state index contributed by atoms with van der Waals surface area (Å²) < 4.78 is 52.9. The van der Waals surface area contributed by atoms with Gasteiger partial charge in [0, 0.05) is 0 Å². The van der Waals surface area contributed by atoms with E-state index in [4.69, 9.17) is 9.47 Å². The number of alkyl halides is 1. The average Bonchev–Trinajstić information content (AvgIpc) is 2.87. The molecule has 1 aromatic rings. The van der Waals surface area contributed by atoms with Gasteiger partial charge >= 0.3 is 0 Å². The molecule has 2 aliphatic rings. The first-order valence-electron chi connectivity index (χ1n) is 14.1. The smallest absolute Gasteiger partial charge is 0.204 e. The number of hydrogen-bond donors (Lipinski definition) is 0. The molecular formula is C30H45F3O2. The van der Waals surface area contributed by atoms with Crippen molar-refractivity contribution in [2.45, 2.75) is 103 Å². The van der Waals surface area contributed by atoms with Gasteiger partial charge in [-0.1, -0.05) is 44.8 Å². The molecule has 0 radical (unpaired) electrons. The highest BCUT2D eigenvalue weighted by Gasteiger charge is 2.25. The standard InChI is InChI=1S/C30H45F3O2/c1-3-5-6-7-22-8-10-23(11-9-22)12-13-24-14-16-25(17-15-24)20-26(31)21-35-28-19-18-27(34-4-2)29(32)30(28)33/h12-13,18-19,22-26H,3-11,14-17,20-21H2,1-2H3/b13-12+. The molecule has 0 heterocycles. The Bertz CT molecular complexity index is 765. The van der Waals surface area contributed by atoms with Gasteiger partial charge in [0.25, 0.3) is 0 Å². The second-order valence-electron chi connectivity index (χ2n) is 10.7. The molecule has 0 bridgehead atoms. The van der Waals surface area contributed by atoms with Crippen molar-refractivity contribution < 1.29 is 22.6 Å². The molecule has 35 heavy (non-hydrogen) atoms. The van der Waals surface area contributed by atoms with Crippen LogP contribution < -0.4 is 9.47 Å². The van der Waals surface area contributed by atoms with E-state index in [-0.39, 0.29) is 24.7 Å². The van der Waals surface area contributed by atoms with Gasteiger partial charge in [-0.15, -0.1) is 0 Å². The summed E-state index contributed by atoms with van der Waals surface area (Å²) in [6, 6.07) is 2.62. The lowest BCUT2D eigenvalue weighted by atomic mass is 9.77. The van der Waals surface area contributed by atoms with Crippen molar-refractivity contribution in [3.8, 4) is 11.5 Å². The number of benzene rings is 1. The Morgan fingerprint density at radius 2 is 1.34 bits per heavy atom. The number of hydrogen-bond acceptors (Lipinski definition) is 2. The molecule has 2 aliphatic carbocycles. The second-order valence-corrected chi connectivity index (χ2v) is 10.7. The molecule has 5 heteroatoms.